The molecule has 168 valence electrons. The molecule has 1 aromatic carbocycles. The van der Waals surface area contributed by atoms with E-state index in [4.69, 9.17) is 29.7 Å². The Balaban J connectivity index is 0.000000491. The summed E-state index contributed by atoms with van der Waals surface area (Å²) in [6, 6.07) is 9.40. The van der Waals surface area contributed by atoms with E-state index < -0.39 is 38.5 Å². The number of aromatic nitrogens is 4. The lowest BCUT2D eigenvalue weighted by molar-refractivity contribution is -0.145. The summed E-state index contributed by atoms with van der Waals surface area (Å²) in [4.78, 5) is 33.9. The van der Waals surface area contributed by atoms with Crippen LogP contribution in [0.4, 0.5) is 5.82 Å². The van der Waals surface area contributed by atoms with Gasteiger partial charge in [0, 0.05) is 6.42 Å². The monoisotopic (exact) mass is 455 g/mol. The van der Waals surface area contributed by atoms with Crippen molar-refractivity contribution in [1.82, 2.24) is 19.5 Å². The molecule has 3 aromatic rings. The molecule has 4 atom stereocenters. The highest BCUT2D eigenvalue weighted by molar-refractivity contribution is 7.45. The number of nitrogens with zero attached hydrogens (tertiary/aromatic N) is 4. The van der Waals surface area contributed by atoms with Gasteiger partial charge in [0.15, 0.2) is 17.2 Å². The molecular weight excluding hydrogens is 433 g/mol. The van der Waals surface area contributed by atoms with Crippen molar-refractivity contribution in [3.05, 3.63) is 48.5 Å². The van der Waals surface area contributed by atoms with Crippen molar-refractivity contribution < 1.29 is 39.3 Å². The molecule has 0 spiro atoms. The standard InChI is InChI=1S/C17H19N5O4.H3O4P/c18-15-12-16(20-8-19-15)22(9-21-12)17(6-10-4-2-1-3-5-10)14(25)13(24)11(7-23)26-17;1-5(2,3)4/h1-5,8-9,11,13-14,23-25H,6-7H2,(H2,18,19,20);(H3,1,2,3,4)/t11-,13-,14-,17-;/m1./s1. The van der Waals surface area contributed by atoms with Crippen molar-refractivity contribution in [1.29, 1.82) is 0 Å². The summed E-state index contributed by atoms with van der Waals surface area (Å²) < 4.78 is 16.4. The first-order valence-corrected chi connectivity index (χ1v) is 10.5. The number of aliphatic hydroxyl groups is 3. The van der Waals surface area contributed by atoms with Crippen LogP contribution in [0.2, 0.25) is 0 Å². The number of benzene rings is 1. The third kappa shape index (κ3) is 4.89. The molecule has 1 saturated heterocycles. The van der Waals surface area contributed by atoms with Crippen LogP contribution in [0.25, 0.3) is 11.2 Å². The molecule has 31 heavy (non-hydrogen) atoms. The van der Waals surface area contributed by atoms with Gasteiger partial charge in [-0.25, -0.2) is 19.5 Å². The molecular formula is C17H22N5O8P. The van der Waals surface area contributed by atoms with Crippen molar-refractivity contribution in [2.24, 2.45) is 0 Å². The number of anilines is 1. The van der Waals surface area contributed by atoms with Crippen molar-refractivity contribution in [3.63, 3.8) is 0 Å². The molecule has 0 aliphatic carbocycles. The Morgan fingerprint density at radius 2 is 1.77 bits per heavy atom. The fourth-order valence-corrected chi connectivity index (χ4v) is 3.47. The minimum absolute atomic E-state index is 0.204. The van der Waals surface area contributed by atoms with Gasteiger partial charge in [0.1, 0.15) is 30.2 Å². The summed E-state index contributed by atoms with van der Waals surface area (Å²) in [6.45, 7) is -0.432. The average Bonchev–Trinajstić information content (AvgIpc) is 3.24. The zero-order valence-corrected chi connectivity index (χ0v) is 16.9. The molecule has 2 aromatic heterocycles. The minimum atomic E-state index is -4.64. The zero-order chi connectivity index (χ0) is 22.8. The number of hydrogen-bond acceptors (Lipinski definition) is 9. The SMILES string of the molecule is Nc1ncnc2c1ncn2[C@]1(Cc2ccccc2)O[C@H](CO)[C@@H](O)[C@H]1O.O=P(O)(O)O. The number of aliphatic hydroxyl groups excluding tert-OH is 3. The molecule has 1 aliphatic rings. The Kier molecular flexibility index (Phi) is 6.69. The van der Waals surface area contributed by atoms with Gasteiger partial charge in [0.2, 0.25) is 0 Å². The molecule has 14 heteroatoms. The van der Waals surface area contributed by atoms with E-state index >= 15 is 0 Å². The molecule has 0 saturated carbocycles. The summed E-state index contributed by atoms with van der Waals surface area (Å²) >= 11 is 0. The second-order valence-corrected chi connectivity index (χ2v) is 7.87. The summed E-state index contributed by atoms with van der Waals surface area (Å²) in [7, 11) is -4.64. The quantitative estimate of drug-likeness (QED) is 0.223. The lowest BCUT2D eigenvalue weighted by atomic mass is 9.95. The third-order valence-electron chi connectivity index (χ3n) is 4.77. The molecule has 4 rings (SSSR count). The average molecular weight is 455 g/mol. The maximum Gasteiger partial charge on any atom is 0.466 e. The Hall–Kier alpha value is -2.48. The predicted octanol–water partition coefficient (Wildman–Crippen LogP) is -1.51. The normalized spacial score (nSPS) is 25.9. The number of fused-ring (bicyclic) bond motifs is 1. The minimum Gasteiger partial charge on any atom is -0.394 e. The molecule has 3 heterocycles. The number of ether oxygens (including phenoxy) is 1. The lowest BCUT2D eigenvalue weighted by Crippen LogP contribution is -2.47. The zero-order valence-electron chi connectivity index (χ0n) is 16.0. The summed E-state index contributed by atoms with van der Waals surface area (Å²) in [6.07, 6.45) is -0.529. The fraction of sp³-hybridized carbons (Fsp3) is 0.353. The largest absolute Gasteiger partial charge is 0.466 e. The van der Waals surface area contributed by atoms with Crippen molar-refractivity contribution in [2.45, 2.75) is 30.5 Å². The Morgan fingerprint density at radius 3 is 2.35 bits per heavy atom. The Bertz CT molecular complexity index is 1070. The van der Waals surface area contributed by atoms with Gasteiger partial charge in [-0.3, -0.25) is 4.57 Å². The van der Waals surface area contributed by atoms with E-state index in [1.165, 1.54) is 12.7 Å². The molecule has 8 N–H and O–H groups in total. The van der Waals surface area contributed by atoms with Crippen LogP contribution < -0.4 is 5.73 Å². The predicted molar refractivity (Wildman–Crippen MR) is 106 cm³/mol. The van der Waals surface area contributed by atoms with Crippen LogP contribution in [-0.4, -0.2) is 74.4 Å². The maximum absolute atomic E-state index is 10.9. The molecule has 0 radical (unpaired) electrons. The van der Waals surface area contributed by atoms with Gasteiger partial charge < -0.3 is 40.5 Å². The van der Waals surface area contributed by atoms with Gasteiger partial charge in [-0.1, -0.05) is 30.3 Å². The van der Waals surface area contributed by atoms with Crippen LogP contribution in [0.1, 0.15) is 5.56 Å². The van der Waals surface area contributed by atoms with Crippen LogP contribution in [0.3, 0.4) is 0 Å². The van der Waals surface area contributed by atoms with Gasteiger partial charge in [0.25, 0.3) is 0 Å². The van der Waals surface area contributed by atoms with E-state index in [9.17, 15) is 15.3 Å². The highest BCUT2D eigenvalue weighted by atomic mass is 31.2. The van der Waals surface area contributed by atoms with E-state index in [0.29, 0.717) is 11.2 Å². The first-order chi connectivity index (χ1) is 14.6. The van der Waals surface area contributed by atoms with Crippen molar-refractivity contribution >= 4 is 24.8 Å². The Labute approximate surface area is 175 Å². The summed E-state index contributed by atoms with van der Waals surface area (Å²) in [5, 5.41) is 30.8. The number of hydrogen-bond donors (Lipinski definition) is 7. The van der Waals surface area contributed by atoms with E-state index in [1.54, 1.807) is 4.57 Å². The molecule has 0 unspecified atom stereocenters. The molecule has 1 aliphatic heterocycles. The number of rotatable bonds is 4. The second kappa shape index (κ2) is 8.94. The van der Waals surface area contributed by atoms with Crippen LogP contribution in [0, 0.1) is 0 Å². The van der Waals surface area contributed by atoms with Crippen molar-refractivity contribution in [2.75, 3.05) is 12.3 Å². The first-order valence-electron chi connectivity index (χ1n) is 8.98. The topological polar surface area (TPSA) is 217 Å². The number of imidazole rings is 1. The van der Waals surface area contributed by atoms with Gasteiger partial charge in [0.05, 0.1) is 12.9 Å². The molecule has 0 amide bonds. The highest BCUT2D eigenvalue weighted by Crippen LogP contribution is 2.40. The van der Waals surface area contributed by atoms with E-state index in [2.05, 4.69) is 15.0 Å². The lowest BCUT2D eigenvalue weighted by Gasteiger charge is -2.34. The van der Waals surface area contributed by atoms with Crippen LogP contribution in [0.15, 0.2) is 43.0 Å². The van der Waals surface area contributed by atoms with Crippen LogP contribution >= 0.6 is 7.82 Å². The number of nitrogen functional groups attached to an aromatic ring is 1. The van der Waals surface area contributed by atoms with E-state index in [0.717, 1.165) is 5.56 Å². The molecule has 1 fully saturated rings. The maximum atomic E-state index is 10.9. The van der Waals surface area contributed by atoms with Crippen molar-refractivity contribution in [3.8, 4) is 0 Å². The van der Waals surface area contributed by atoms with Gasteiger partial charge in [-0.05, 0) is 5.56 Å². The van der Waals surface area contributed by atoms with Gasteiger partial charge >= 0.3 is 7.82 Å². The highest BCUT2D eigenvalue weighted by Gasteiger charge is 2.55. The smallest absolute Gasteiger partial charge is 0.394 e. The van der Waals surface area contributed by atoms with Crippen LogP contribution in [0.5, 0.6) is 0 Å². The summed E-state index contributed by atoms with van der Waals surface area (Å²) in [5.74, 6) is 0.204. The van der Waals surface area contributed by atoms with Gasteiger partial charge in [-0.2, -0.15) is 0 Å². The fourth-order valence-electron chi connectivity index (χ4n) is 3.47. The van der Waals surface area contributed by atoms with Crippen LogP contribution in [-0.2, 0) is 21.4 Å². The number of nitrogens with two attached hydrogens (primary N) is 1. The summed E-state index contributed by atoms with van der Waals surface area (Å²) in [5.41, 5.74) is 6.08. The van der Waals surface area contributed by atoms with E-state index in [1.807, 2.05) is 30.3 Å². The Morgan fingerprint density at radius 1 is 1.13 bits per heavy atom. The third-order valence-corrected chi connectivity index (χ3v) is 4.77. The molecule has 0 bridgehead atoms. The van der Waals surface area contributed by atoms with Gasteiger partial charge in [-0.15, -0.1) is 0 Å². The van der Waals surface area contributed by atoms with E-state index in [-0.39, 0.29) is 12.2 Å². The second-order valence-electron chi connectivity index (χ2n) is 6.84. The molecule has 13 nitrogen and oxygen atoms in total. The first kappa shape index (κ1) is 23.2. The number of phosphoric acid groups is 1.